The molecule has 0 aromatic heterocycles. The van der Waals surface area contributed by atoms with Gasteiger partial charge in [-0.2, -0.15) is 5.10 Å². The van der Waals surface area contributed by atoms with Crippen molar-refractivity contribution in [3.63, 3.8) is 0 Å². The number of nitrogens with zero attached hydrogens (tertiary/aromatic N) is 1. The molecule has 0 aliphatic rings. The van der Waals surface area contributed by atoms with Crippen molar-refractivity contribution in [2.75, 3.05) is 5.32 Å². The number of amides is 2. The lowest BCUT2D eigenvalue weighted by molar-refractivity contribution is 0.0954. The maximum atomic E-state index is 12.8. The SMILES string of the molecule is O=C(N/N=C/c1ccc(F)cc1)c1ccc(NC(=O)c2ccccc2)cc1. The third-order valence-corrected chi connectivity index (χ3v) is 3.69. The molecule has 0 saturated heterocycles. The molecule has 0 fully saturated rings. The third-order valence-electron chi connectivity index (χ3n) is 3.69. The highest BCUT2D eigenvalue weighted by atomic mass is 19.1. The first-order valence-corrected chi connectivity index (χ1v) is 8.17. The summed E-state index contributed by atoms with van der Waals surface area (Å²) in [4.78, 5) is 24.2. The molecule has 0 aliphatic carbocycles. The Labute approximate surface area is 155 Å². The number of carbonyl (C=O) groups excluding carboxylic acids is 2. The van der Waals surface area contributed by atoms with E-state index < -0.39 is 5.91 Å². The van der Waals surface area contributed by atoms with Gasteiger partial charge in [0.1, 0.15) is 5.82 Å². The van der Waals surface area contributed by atoms with Crippen molar-refractivity contribution in [1.82, 2.24) is 5.43 Å². The van der Waals surface area contributed by atoms with E-state index in [1.165, 1.54) is 18.3 Å². The maximum Gasteiger partial charge on any atom is 0.271 e. The Morgan fingerprint density at radius 1 is 0.778 bits per heavy atom. The molecular formula is C21H16FN3O2. The fourth-order valence-electron chi connectivity index (χ4n) is 2.28. The zero-order chi connectivity index (χ0) is 19.1. The molecule has 3 rings (SSSR count). The summed E-state index contributed by atoms with van der Waals surface area (Å²) in [5.74, 6) is -0.957. The Morgan fingerprint density at radius 3 is 2.07 bits per heavy atom. The van der Waals surface area contributed by atoms with Crippen molar-refractivity contribution in [1.29, 1.82) is 0 Å². The van der Waals surface area contributed by atoms with Crippen LogP contribution in [0.2, 0.25) is 0 Å². The average Bonchev–Trinajstić information content (AvgIpc) is 2.70. The number of anilines is 1. The molecule has 0 saturated carbocycles. The second kappa shape index (κ2) is 8.53. The molecule has 0 radical (unpaired) electrons. The normalized spacial score (nSPS) is 10.6. The lowest BCUT2D eigenvalue weighted by Gasteiger charge is -2.06. The van der Waals surface area contributed by atoms with Gasteiger partial charge in [0.05, 0.1) is 6.21 Å². The summed E-state index contributed by atoms with van der Waals surface area (Å²) in [5, 5.41) is 6.60. The molecule has 27 heavy (non-hydrogen) atoms. The van der Waals surface area contributed by atoms with Gasteiger partial charge in [0, 0.05) is 16.8 Å². The maximum absolute atomic E-state index is 12.8. The van der Waals surface area contributed by atoms with Crippen LogP contribution in [0.3, 0.4) is 0 Å². The summed E-state index contributed by atoms with van der Waals surface area (Å²) in [5.41, 5.74) is 4.58. The van der Waals surface area contributed by atoms with Crippen LogP contribution in [-0.2, 0) is 0 Å². The highest BCUT2D eigenvalue weighted by molar-refractivity contribution is 6.04. The van der Waals surface area contributed by atoms with Crippen LogP contribution in [0.4, 0.5) is 10.1 Å². The van der Waals surface area contributed by atoms with E-state index in [9.17, 15) is 14.0 Å². The highest BCUT2D eigenvalue weighted by Crippen LogP contribution is 2.11. The molecule has 134 valence electrons. The number of nitrogens with one attached hydrogen (secondary N) is 2. The quantitative estimate of drug-likeness (QED) is 0.535. The molecule has 5 nitrogen and oxygen atoms in total. The van der Waals surface area contributed by atoms with E-state index >= 15 is 0 Å². The number of hydrogen-bond donors (Lipinski definition) is 2. The smallest absolute Gasteiger partial charge is 0.271 e. The Hall–Kier alpha value is -3.80. The van der Waals surface area contributed by atoms with Crippen LogP contribution >= 0.6 is 0 Å². The first kappa shape index (κ1) is 18.0. The van der Waals surface area contributed by atoms with Crippen LogP contribution < -0.4 is 10.7 Å². The summed E-state index contributed by atoms with van der Waals surface area (Å²) >= 11 is 0. The molecule has 0 aliphatic heterocycles. The van der Waals surface area contributed by atoms with Crippen LogP contribution in [0, 0.1) is 5.82 Å². The predicted molar refractivity (Wildman–Crippen MR) is 102 cm³/mol. The van der Waals surface area contributed by atoms with Crippen LogP contribution in [0.1, 0.15) is 26.3 Å². The molecule has 0 bridgehead atoms. The number of carbonyl (C=O) groups is 2. The van der Waals surface area contributed by atoms with Crippen molar-refractivity contribution < 1.29 is 14.0 Å². The van der Waals surface area contributed by atoms with Crippen molar-refractivity contribution in [2.45, 2.75) is 0 Å². The van der Waals surface area contributed by atoms with Crippen LogP contribution in [0.15, 0.2) is 84.0 Å². The topological polar surface area (TPSA) is 70.6 Å². The van der Waals surface area contributed by atoms with Crippen LogP contribution in [0.25, 0.3) is 0 Å². The molecular weight excluding hydrogens is 345 g/mol. The summed E-state index contributed by atoms with van der Waals surface area (Å²) in [6.07, 6.45) is 1.42. The second-order valence-electron chi connectivity index (χ2n) is 5.65. The molecule has 6 heteroatoms. The minimum atomic E-state index is -0.394. The zero-order valence-corrected chi connectivity index (χ0v) is 14.2. The van der Waals surface area contributed by atoms with Gasteiger partial charge in [-0.05, 0) is 54.1 Å². The van der Waals surface area contributed by atoms with E-state index in [1.54, 1.807) is 60.7 Å². The highest BCUT2D eigenvalue weighted by Gasteiger charge is 2.07. The molecule has 2 N–H and O–H groups in total. The summed E-state index contributed by atoms with van der Waals surface area (Å²) in [6.45, 7) is 0. The van der Waals surface area contributed by atoms with Gasteiger partial charge in [-0.3, -0.25) is 9.59 Å². The zero-order valence-electron chi connectivity index (χ0n) is 14.2. The first-order chi connectivity index (χ1) is 13.1. The average molecular weight is 361 g/mol. The number of benzene rings is 3. The van der Waals surface area contributed by atoms with E-state index in [0.717, 1.165) is 0 Å². The van der Waals surface area contributed by atoms with Crippen LogP contribution in [0.5, 0.6) is 0 Å². The van der Waals surface area contributed by atoms with Gasteiger partial charge >= 0.3 is 0 Å². The van der Waals surface area contributed by atoms with Gasteiger partial charge in [-0.1, -0.05) is 30.3 Å². The van der Waals surface area contributed by atoms with Crippen molar-refractivity contribution in [3.05, 3.63) is 101 Å². The molecule has 2 amide bonds. The van der Waals surface area contributed by atoms with Crippen LogP contribution in [-0.4, -0.2) is 18.0 Å². The fourth-order valence-corrected chi connectivity index (χ4v) is 2.28. The van der Waals surface area contributed by atoms with Crippen molar-refractivity contribution in [2.24, 2.45) is 5.10 Å². The van der Waals surface area contributed by atoms with Gasteiger partial charge in [-0.15, -0.1) is 0 Å². The Morgan fingerprint density at radius 2 is 1.41 bits per heavy atom. The Kier molecular flexibility index (Phi) is 5.69. The number of halogens is 1. The fraction of sp³-hybridized carbons (Fsp3) is 0. The number of rotatable bonds is 5. The molecule has 0 unspecified atom stereocenters. The van der Waals surface area contributed by atoms with Gasteiger partial charge in [0.25, 0.3) is 11.8 Å². The minimum absolute atomic E-state index is 0.225. The first-order valence-electron chi connectivity index (χ1n) is 8.17. The number of hydrazone groups is 1. The third kappa shape index (κ3) is 5.09. The largest absolute Gasteiger partial charge is 0.322 e. The van der Waals surface area contributed by atoms with Gasteiger partial charge in [0.2, 0.25) is 0 Å². The lowest BCUT2D eigenvalue weighted by Crippen LogP contribution is -2.17. The van der Waals surface area contributed by atoms with Gasteiger partial charge in [0.15, 0.2) is 0 Å². The standard InChI is InChI=1S/C21H16FN3O2/c22-18-10-6-15(7-11-18)14-23-25-21(27)17-8-12-19(13-9-17)24-20(26)16-4-2-1-3-5-16/h1-14H,(H,24,26)(H,25,27)/b23-14+. The molecule has 3 aromatic carbocycles. The predicted octanol–water partition coefficient (Wildman–Crippen LogP) is 3.84. The monoisotopic (exact) mass is 361 g/mol. The summed E-state index contributed by atoms with van der Waals surface area (Å²) in [7, 11) is 0. The molecule has 0 heterocycles. The number of hydrogen-bond acceptors (Lipinski definition) is 3. The Balaban J connectivity index is 1.57. The van der Waals surface area contributed by atoms with E-state index in [-0.39, 0.29) is 11.7 Å². The summed E-state index contributed by atoms with van der Waals surface area (Å²) in [6, 6.07) is 21.0. The van der Waals surface area contributed by atoms with E-state index in [2.05, 4.69) is 15.8 Å². The Bertz CT molecular complexity index is 953. The van der Waals surface area contributed by atoms with E-state index in [0.29, 0.717) is 22.4 Å². The van der Waals surface area contributed by atoms with Crippen molar-refractivity contribution >= 4 is 23.7 Å². The molecule has 3 aromatic rings. The van der Waals surface area contributed by atoms with Crippen molar-refractivity contribution in [3.8, 4) is 0 Å². The molecule has 0 atom stereocenters. The molecule has 0 spiro atoms. The van der Waals surface area contributed by atoms with Gasteiger partial charge in [-0.25, -0.2) is 9.82 Å². The van der Waals surface area contributed by atoms with E-state index in [1.807, 2.05) is 6.07 Å². The van der Waals surface area contributed by atoms with Gasteiger partial charge < -0.3 is 5.32 Å². The summed E-state index contributed by atoms with van der Waals surface area (Å²) < 4.78 is 12.8. The second-order valence-corrected chi connectivity index (χ2v) is 5.65. The minimum Gasteiger partial charge on any atom is -0.322 e. The lowest BCUT2D eigenvalue weighted by atomic mass is 10.1. The van der Waals surface area contributed by atoms with E-state index in [4.69, 9.17) is 0 Å².